The van der Waals surface area contributed by atoms with Gasteiger partial charge in [-0.15, -0.1) is 0 Å². The Labute approximate surface area is 114 Å². The largest absolute Gasteiger partial charge is 0.489 e. The van der Waals surface area contributed by atoms with Crippen LogP contribution in [0.3, 0.4) is 0 Å². The van der Waals surface area contributed by atoms with Crippen molar-refractivity contribution in [3.8, 4) is 5.75 Å². The summed E-state index contributed by atoms with van der Waals surface area (Å²) < 4.78 is 5.66. The van der Waals surface area contributed by atoms with Crippen molar-refractivity contribution in [2.75, 3.05) is 6.61 Å². The molecule has 0 spiro atoms. The van der Waals surface area contributed by atoms with Crippen LogP contribution in [0.15, 0.2) is 54.6 Å². The van der Waals surface area contributed by atoms with Crippen LogP contribution in [-0.2, 0) is 6.61 Å². The van der Waals surface area contributed by atoms with E-state index in [0.29, 0.717) is 6.61 Å². The minimum atomic E-state index is -0.000582. The number of ether oxygens (including phenoxy) is 1. The summed E-state index contributed by atoms with van der Waals surface area (Å²) in [5.74, 6) is 0.741. The highest BCUT2D eigenvalue weighted by molar-refractivity contribution is 5.48. The summed E-state index contributed by atoms with van der Waals surface area (Å²) in [6, 6.07) is 15.9. The third-order valence-corrected chi connectivity index (χ3v) is 2.83. The van der Waals surface area contributed by atoms with Gasteiger partial charge in [-0.1, -0.05) is 54.1 Å². The van der Waals surface area contributed by atoms with E-state index in [0.717, 1.165) is 22.4 Å². The fraction of sp³-hybridized carbons (Fsp3) is 0.176. The topological polar surface area (TPSA) is 29.5 Å². The van der Waals surface area contributed by atoms with Gasteiger partial charge in [0.2, 0.25) is 0 Å². The standard InChI is InChI=1S/C17H18O2/c1-14-9-10-17(16(12-14)13-18)19-11-5-8-15-6-3-2-4-7-15/h2-10,12,18H,11,13H2,1H3. The average Bonchev–Trinajstić information content (AvgIpc) is 2.46. The first-order chi connectivity index (χ1) is 9.29. The van der Waals surface area contributed by atoms with E-state index in [1.807, 2.05) is 67.6 Å². The molecule has 2 rings (SSSR count). The lowest BCUT2D eigenvalue weighted by Gasteiger charge is -2.09. The molecule has 0 aliphatic rings. The molecule has 2 heteroatoms. The lowest BCUT2D eigenvalue weighted by Crippen LogP contribution is -1.98. The maximum atomic E-state index is 9.28. The molecule has 0 unspecified atom stereocenters. The number of aliphatic hydroxyl groups is 1. The van der Waals surface area contributed by atoms with Gasteiger partial charge in [-0.2, -0.15) is 0 Å². The number of rotatable bonds is 5. The summed E-state index contributed by atoms with van der Waals surface area (Å²) in [4.78, 5) is 0. The predicted octanol–water partition coefficient (Wildman–Crippen LogP) is 3.58. The van der Waals surface area contributed by atoms with Crippen LogP contribution in [0.1, 0.15) is 16.7 Å². The fourth-order valence-corrected chi connectivity index (χ4v) is 1.86. The molecule has 1 N–H and O–H groups in total. The second-order valence-corrected chi connectivity index (χ2v) is 4.39. The lowest BCUT2D eigenvalue weighted by atomic mass is 10.1. The quantitative estimate of drug-likeness (QED) is 0.883. The van der Waals surface area contributed by atoms with E-state index in [-0.39, 0.29) is 6.61 Å². The van der Waals surface area contributed by atoms with Crippen molar-refractivity contribution >= 4 is 6.08 Å². The van der Waals surface area contributed by atoms with Crippen LogP contribution in [0.25, 0.3) is 6.08 Å². The molecule has 0 radical (unpaired) electrons. The zero-order chi connectivity index (χ0) is 13.5. The molecule has 0 bridgehead atoms. The molecule has 0 aliphatic carbocycles. The lowest BCUT2D eigenvalue weighted by molar-refractivity contribution is 0.270. The first-order valence-electron chi connectivity index (χ1n) is 6.34. The molecule has 0 atom stereocenters. The van der Waals surface area contributed by atoms with E-state index < -0.39 is 0 Å². The Kier molecular flexibility index (Phi) is 4.76. The van der Waals surface area contributed by atoms with Crippen molar-refractivity contribution in [2.24, 2.45) is 0 Å². The van der Waals surface area contributed by atoms with Gasteiger partial charge in [-0.3, -0.25) is 0 Å². The molecule has 98 valence electrons. The van der Waals surface area contributed by atoms with Crippen LogP contribution >= 0.6 is 0 Å². The molecule has 2 nitrogen and oxygen atoms in total. The number of benzene rings is 2. The van der Waals surface area contributed by atoms with Crippen LogP contribution in [-0.4, -0.2) is 11.7 Å². The SMILES string of the molecule is Cc1ccc(OCC=Cc2ccccc2)c(CO)c1. The second-order valence-electron chi connectivity index (χ2n) is 4.39. The Bertz CT molecular complexity index is 544. The Morgan fingerprint density at radius 1 is 1.11 bits per heavy atom. The van der Waals surface area contributed by atoms with Gasteiger partial charge >= 0.3 is 0 Å². The third-order valence-electron chi connectivity index (χ3n) is 2.83. The molecule has 0 aromatic heterocycles. The Balaban J connectivity index is 1.94. The van der Waals surface area contributed by atoms with E-state index >= 15 is 0 Å². The van der Waals surface area contributed by atoms with Crippen LogP contribution in [0.5, 0.6) is 5.75 Å². The highest BCUT2D eigenvalue weighted by atomic mass is 16.5. The van der Waals surface area contributed by atoms with Gasteiger partial charge in [0.05, 0.1) is 6.61 Å². The fourth-order valence-electron chi connectivity index (χ4n) is 1.86. The Morgan fingerprint density at radius 2 is 1.89 bits per heavy atom. The van der Waals surface area contributed by atoms with E-state index in [1.165, 1.54) is 0 Å². The molecule has 19 heavy (non-hydrogen) atoms. The number of hydrogen-bond donors (Lipinski definition) is 1. The molecular weight excluding hydrogens is 236 g/mol. The molecule has 0 saturated heterocycles. The highest BCUT2D eigenvalue weighted by Gasteiger charge is 2.01. The molecule has 0 heterocycles. The Morgan fingerprint density at radius 3 is 2.63 bits per heavy atom. The summed E-state index contributed by atoms with van der Waals surface area (Å²) >= 11 is 0. The first kappa shape index (κ1) is 13.4. The van der Waals surface area contributed by atoms with Gasteiger partial charge in [-0.25, -0.2) is 0 Å². The Hall–Kier alpha value is -2.06. The van der Waals surface area contributed by atoms with Gasteiger partial charge in [0.15, 0.2) is 0 Å². The van der Waals surface area contributed by atoms with Gasteiger partial charge in [0.1, 0.15) is 12.4 Å². The zero-order valence-electron chi connectivity index (χ0n) is 11.0. The molecule has 0 aliphatic heterocycles. The summed E-state index contributed by atoms with van der Waals surface area (Å²) in [5, 5.41) is 9.28. The number of hydrogen-bond acceptors (Lipinski definition) is 2. The van der Waals surface area contributed by atoms with E-state index in [1.54, 1.807) is 0 Å². The molecule has 0 fully saturated rings. The van der Waals surface area contributed by atoms with Gasteiger partial charge < -0.3 is 9.84 Å². The highest BCUT2D eigenvalue weighted by Crippen LogP contribution is 2.20. The first-order valence-corrected chi connectivity index (χ1v) is 6.34. The van der Waals surface area contributed by atoms with Crippen molar-refractivity contribution in [1.29, 1.82) is 0 Å². The van der Waals surface area contributed by atoms with Crippen molar-refractivity contribution in [1.82, 2.24) is 0 Å². The normalized spacial score (nSPS) is 10.8. The van der Waals surface area contributed by atoms with Crippen molar-refractivity contribution in [3.05, 3.63) is 71.3 Å². The van der Waals surface area contributed by atoms with E-state index in [2.05, 4.69) is 0 Å². The molecule has 2 aromatic rings. The summed E-state index contributed by atoms with van der Waals surface area (Å²) in [7, 11) is 0. The minimum Gasteiger partial charge on any atom is -0.489 e. The van der Waals surface area contributed by atoms with Gasteiger partial charge in [-0.05, 0) is 24.6 Å². The van der Waals surface area contributed by atoms with Gasteiger partial charge in [0, 0.05) is 5.56 Å². The van der Waals surface area contributed by atoms with Crippen LogP contribution < -0.4 is 4.74 Å². The maximum absolute atomic E-state index is 9.28. The van der Waals surface area contributed by atoms with E-state index in [9.17, 15) is 5.11 Å². The van der Waals surface area contributed by atoms with Crippen LogP contribution in [0.4, 0.5) is 0 Å². The van der Waals surface area contributed by atoms with Crippen molar-refractivity contribution < 1.29 is 9.84 Å². The molecule has 2 aromatic carbocycles. The van der Waals surface area contributed by atoms with Crippen molar-refractivity contribution in [2.45, 2.75) is 13.5 Å². The number of aryl methyl sites for hydroxylation is 1. The summed E-state index contributed by atoms with van der Waals surface area (Å²) in [6.45, 7) is 2.49. The molecule has 0 saturated carbocycles. The summed E-state index contributed by atoms with van der Waals surface area (Å²) in [6.07, 6.45) is 3.99. The van der Waals surface area contributed by atoms with Crippen molar-refractivity contribution in [3.63, 3.8) is 0 Å². The second kappa shape index (κ2) is 6.76. The maximum Gasteiger partial charge on any atom is 0.125 e. The van der Waals surface area contributed by atoms with E-state index in [4.69, 9.17) is 4.74 Å². The summed E-state index contributed by atoms with van der Waals surface area (Å²) in [5.41, 5.74) is 3.10. The van der Waals surface area contributed by atoms with Crippen LogP contribution in [0.2, 0.25) is 0 Å². The minimum absolute atomic E-state index is 0.000582. The predicted molar refractivity (Wildman–Crippen MR) is 78.1 cm³/mol. The smallest absolute Gasteiger partial charge is 0.125 e. The monoisotopic (exact) mass is 254 g/mol. The number of aliphatic hydroxyl groups excluding tert-OH is 1. The zero-order valence-corrected chi connectivity index (χ0v) is 11.0. The average molecular weight is 254 g/mol. The van der Waals surface area contributed by atoms with Gasteiger partial charge in [0.25, 0.3) is 0 Å². The third kappa shape index (κ3) is 3.97. The van der Waals surface area contributed by atoms with Crippen LogP contribution in [0, 0.1) is 6.92 Å². The molecule has 0 amide bonds. The molecular formula is C17H18O2.